The van der Waals surface area contributed by atoms with Crippen molar-refractivity contribution in [2.24, 2.45) is 0 Å². The Morgan fingerprint density at radius 3 is 2.79 bits per heavy atom. The first-order valence-corrected chi connectivity index (χ1v) is 5.30. The van der Waals surface area contributed by atoms with E-state index in [1.165, 1.54) is 0 Å². The normalized spacial score (nSPS) is 9.50. The van der Waals surface area contributed by atoms with Crippen molar-refractivity contribution >= 4 is 33.3 Å². The first-order chi connectivity index (χ1) is 6.67. The summed E-state index contributed by atoms with van der Waals surface area (Å²) < 4.78 is 0.731. The number of nitriles is 1. The molecule has 0 atom stereocenters. The van der Waals surface area contributed by atoms with Crippen LogP contribution >= 0.6 is 27.5 Å². The molecule has 0 saturated carbocycles. The van der Waals surface area contributed by atoms with Gasteiger partial charge in [0.2, 0.25) is 0 Å². The number of carbonyl (C=O) groups is 1. The number of benzene rings is 1. The van der Waals surface area contributed by atoms with Crippen LogP contribution in [-0.4, -0.2) is 11.7 Å². The van der Waals surface area contributed by atoms with Crippen LogP contribution in [0.1, 0.15) is 22.3 Å². The highest BCUT2D eigenvalue weighted by Gasteiger charge is 2.07. The number of hydrogen-bond donors (Lipinski definition) is 0. The van der Waals surface area contributed by atoms with Gasteiger partial charge in [-0.05, 0) is 18.2 Å². The Balaban J connectivity index is 3.04. The van der Waals surface area contributed by atoms with Crippen molar-refractivity contribution in [3.8, 4) is 6.07 Å². The van der Waals surface area contributed by atoms with E-state index in [1.807, 2.05) is 6.07 Å². The maximum absolute atomic E-state index is 11.5. The Kier molecular flexibility index (Phi) is 4.12. The van der Waals surface area contributed by atoms with Crippen LogP contribution in [0.25, 0.3) is 0 Å². The second-order valence-electron chi connectivity index (χ2n) is 2.70. The number of alkyl halides is 1. The summed E-state index contributed by atoms with van der Waals surface area (Å²) in [5, 5.41) is 8.69. The lowest BCUT2D eigenvalue weighted by Gasteiger charge is -2.00. The lowest BCUT2D eigenvalue weighted by molar-refractivity contribution is 0.0989. The molecular weight excluding hydrogens is 265 g/mol. The molecule has 0 amide bonds. The van der Waals surface area contributed by atoms with Gasteiger partial charge in [-0.15, -0.1) is 11.6 Å². The van der Waals surface area contributed by atoms with E-state index in [0.29, 0.717) is 23.4 Å². The van der Waals surface area contributed by atoms with Crippen LogP contribution in [0.2, 0.25) is 0 Å². The zero-order valence-electron chi connectivity index (χ0n) is 7.26. The van der Waals surface area contributed by atoms with Gasteiger partial charge in [-0.3, -0.25) is 4.79 Å². The molecule has 0 aliphatic rings. The molecule has 0 radical (unpaired) electrons. The molecule has 0 aliphatic heterocycles. The third-order valence-corrected chi connectivity index (χ3v) is 2.32. The van der Waals surface area contributed by atoms with Gasteiger partial charge >= 0.3 is 0 Å². The molecule has 0 fully saturated rings. The maximum atomic E-state index is 11.5. The van der Waals surface area contributed by atoms with Crippen molar-refractivity contribution in [1.29, 1.82) is 5.26 Å². The van der Waals surface area contributed by atoms with Gasteiger partial charge < -0.3 is 0 Å². The smallest absolute Gasteiger partial charge is 0.164 e. The summed E-state index contributed by atoms with van der Waals surface area (Å²) in [4.78, 5) is 11.5. The summed E-state index contributed by atoms with van der Waals surface area (Å²) in [7, 11) is 0. The van der Waals surface area contributed by atoms with Crippen LogP contribution in [0.4, 0.5) is 0 Å². The van der Waals surface area contributed by atoms with Crippen LogP contribution < -0.4 is 0 Å². The summed E-state index contributed by atoms with van der Waals surface area (Å²) in [5.74, 6) is 0.255. The summed E-state index contributed by atoms with van der Waals surface area (Å²) in [5.41, 5.74) is 0.994. The lowest BCUT2D eigenvalue weighted by atomic mass is 10.1. The third-order valence-electron chi connectivity index (χ3n) is 1.67. The molecule has 14 heavy (non-hydrogen) atoms. The SMILES string of the molecule is N#Cc1cc(Br)cc(C(=O)CCCl)c1. The van der Waals surface area contributed by atoms with Crippen LogP contribution in [0.5, 0.6) is 0 Å². The van der Waals surface area contributed by atoms with Gasteiger partial charge in [-0.2, -0.15) is 5.26 Å². The molecule has 0 spiro atoms. The topological polar surface area (TPSA) is 40.9 Å². The zero-order valence-corrected chi connectivity index (χ0v) is 9.60. The van der Waals surface area contributed by atoms with E-state index < -0.39 is 0 Å². The predicted octanol–water partition coefficient (Wildman–Crippen LogP) is 3.13. The third kappa shape index (κ3) is 2.83. The predicted molar refractivity (Wildman–Crippen MR) is 58.5 cm³/mol. The minimum atomic E-state index is -0.0437. The van der Waals surface area contributed by atoms with Crippen LogP contribution in [0, 0.1) is 11.3 Å². The average molecular weight is 273 g/mol. The molecule has 0 aliphatic carbocycles. The average Bonchev–Trinajstić information content (AvgIpc) is 2.17. The Morgan fingerprint density at radius 1 is 1.50 bits per heavy atom. The van der Waals surface area contributed by atoms with Crippen LogP contribution in [-0.2, 0) is 0 Å². The summed E-state index contributed by atoms with van der Waals surface area (Å²) in [6, 6.07) is 6.91. The zero-order chi connectivity index (χ0) is 10.6. The fourth-order valence-corrected chi connectivity index (χ4v) is 1.71. The highest BCUT2D eigenvalue weighted by Crippen LogP contribution is 2.16. The molecule has 0 N–H and O–H groups in total. The van der Waals surface area contributed by atoms with Gasteiger partial charge in [-0.25, -0.2) is 0 Å². The largest absolute Gasteiger partial charge is 0.294 e. The van der Waals surface area contributed by atoms with Crippen LogP contribution in [0.3, 0.4) is 0 Å². The second kappa shape index (κ2) is 5.14. The minimum absolute atomic E-state index is 0.0437. The van der Waals surface area contributed by atoms with Crippen LogP contribution in [0.15, 0.2) is 22.7 Å². The standard InChI is InChI=1S/C10H7BrClNO/c11-9-4-7(6-13)3-8(5-9)10(14)1-2-12/h3-5H,1-2H2. The van der Waals surface area contributed by atoms with E-state index in [-0.39, 0.29) is 5.78 Å². The van der Waals surface area contributed by atoms with Crippen molar-refractivity contribution < 1.29 is 4.79 Å². The van der Waals surface area contributed by atoms with Crippen molar-refractivity contribution in [2.75, 3.05) is 5.88 Å². The van der Waals surface area contributed by atoms with Crippen molar-refractivity contribution in [3.63, 3.8) is 0 Å². The first kappa shape index (κ1) is 11.2. The summed E-state index contributed by atoms with van der Waals surface area (Å²) in [6.07, 6.45) is 0.295. The van der Waals surface area contributed by atoms with E-state index in [0.717, 1.165) is 4.47 Å². The van der Waals surface area contributed by atoms with Crippen molar-refractivity contribution in [3.05, 3.63) is 33.8 Å². The molecule has 0 unspecified atom stereocenters. The van der Waals surface area contributed by atoms with Gasteiger partial charge in [0.25, 0.3) is 0 Å². The van der Waals surface area contributed by atoms with Gasteiger partial charge in [0.15, 0.2) is 5.78 Å². The fraction of sp³-hybridized carbons (Fsp3) is 0.200. The molecule has 1 aromatic rings. The first-order valence-electron chi connectivity index (χ1n) is 3.97. The number of rotatable bonds is 3. The number of hydrogen-bond acceptors (Lipinski definition) is 2. The Bertz CT molecular complexity index is 398. The summed E-state index contributed by atoms with van der Waals surface area (Å²) >= 11 is 8.70. The summed E-state index contributed by atoms with van der Waals surface area (Å²) in [6.45, 7) is 0. The molecule has 0 aromatic heterocycles. The van der Waals surface area contributed by atoms with E-state index in [9.17, 15) is 4.79 Å². The highest BCUT2D eigenvalue weighted by atomic mass is 79.9. The van der Waals surface area contributed by atoms with Gasteiger partial charge in [-0.1, -0.05) is 15.9 Å². The monoisotopic (exact) mass is 271 g/mol. The van der Waals surface area contributed by atoms with Gasteiger partial charge in [0, 0.05) is 22.3 Å². The van der Waals surface area contributed by atoms with Gasteiger partial charge in [0.1, 0.15) is 0 Å². The molecule has 1 aromatic carbocycles. The number of carbonyl (C=O) groups excluding carboxylic acids is 1. The number of Topliss-reactive ketones (excluding diaryl/α,β-unsaturated/α-hetero) is 1. The number of halogens is 2. The van der Waals surface area contributed by atoms with Crippen molar-refractivity contribution in [2.45, 2.75) is 6.42 Å². The molecule has 0 bridgehead atoms. The molecule has 0 saturated heterocycles. The van der Waals surface area contributed by atoms with E-state index >= 15 is 0 Å². The minimum Gasteiger partial charge on any atom is -0.294 e. The molecule has 2 nitrogen and oxygen atoms in total. The van der Waals surface area contributed by atoms with E-state index in [4.69, 9.17) is 16.9 Å². The van der Waals surface area contributed by atoms with Gasteiger partial charge in [0.05, 0.1) is 11.6 Å². The molecule has 72 valence electrons. The molecule has 1 rings (SSSR count). The highest BCUT2D eigenvalue weighted by molar-refractivity contribution is 9.10. The second-order valence-corrected chi connectivity index (χ2v) is 4.00. The van der Waals surface area contributed by atoms with Crippen molar-refractivity contribution in [1.82, 2.24) is 0 Å². The van der Waals surface area contributed by atoms with E-state index in [2.05, 4.69) is 15.9 Å². The Labute approximate surface area is 95.6 Å². The molecule has 0 heterocycles. The Morgan fingerprint density at radius 2 is 2.21 bits per heavy atom. The lowest BCUT2D eigenvalue weighted by Crippen LogP contribution is -2.00. The fourth-order valence-electron chi connectivity index (χ4n) is 1.05. The molecule has 4 heteroatoms. The Hall–Kier alpha value is -0.850. The molecular formula is C10H7BrClNO. The number of ketones is 1. The van der Waals surface area contributed by atoms with E-state index in [1.54, 1.807) is 18.2 Å². The maximum Gasteiger partial charge on any atom is 0.164 e. The quantitative estimate of drug-likeness (QED) is 0.626. The number of nitrogens with zero attached hydrogens (tertiary/aromatic N) is 1.